The number of aromatic nitrogens is 2. The molecule has 0 unspecified atom stereocenters. The smallest absolute Gasteiger partial charge is 0.358 e. The number of nitrogens with zero attached hydrogens (tertiary/aromatic N) is 2. The standard InChI is InChI=1S/C13H17N3O2/c1-9(2)14-8-11-15-12(13(17)18-3)10-6-4-5-7-16(10)11/h4-7,9,14H,8H2,1-3H3. The molecular formula is C13H17N3O2. The Labute approximate surface area is 106 Å². The number of carbonyl (C=O) groups is 1. The number of pyridine rings is 1. The highest BCUT2D eigenvalue weighted by atomic mass is 16.5. The summed E-state index contributed by atoms with van der Waals surface area (Å²) in [4.78, 5) is 16.0. The molecule has 2 aromatic heterocycles. The second-order valence-electron chi connectivity index (χ2n) is 4.36. The van der Waals surface area contributed by atoms with Gasteiger partial charge in [0.25, 0.3) is 0 Å². The van der Waals surface area contributed by atoms with Gasteiger partial charge in [0.05, 0.1) is 19.2 Å². The van der Waals surface area contributed by atoms with Gasteiger partial charge in [-0.3, -0.25) is 0 Å². The first-order chi connectivity index (χ1) is 8.63. The SMILES string of the molecule is COC(=O)c1nc(CNC(C)C)n2ccccc12. The second kappa shape index (κ2) is 5.18. The Kier molecular flexibility index (Phi) is 3.62. The molecule has 0 amide bonds. The number of rotatable bonds is 4. The van der Waals surface area contributed by atoms with Gasteiger partial charge in [0, 0.05) is 12.2 Å². The van der Waals surface area contributed by atoms with E-state index in [-0.39, 0.29) is 0 Å². The van der Waals surface area contributed by atoms with E-state index in [0.717, 1.165) is 11.3 Å². The summed E-state index contributed by atoms with van der Waals surface area (Å²) in [5.41, 5.74) is 1.13. The van der Waals surface area contributed by atoms with Gasteiger partial charge in [0.15, 0.2) is 5.69 Å². The van der Waals surface area contributed by atoms with E-state index < -0.39 is 5.97 Å². The summed E-state index contributed by atoms with van der Waals surface area (Å²) < 4.78 is 6.65. The molecule has 0 bridgehead atoms. The van der Waals surface area contributed by atoms with Crippen LogP contribution in [0.4, 0.5) is 0 Å². The molecule has 0 aromatic carbocycles. The third-order valence-electron chi connectivity index (χ3n) is 2.67. The van der Waals surface area contributed by atoms with Crippen LogP contribution in [-0.2, 0) is 11.3 Å². The van der Waals surface area contributed by atoms with E-state index >= 15 is 0 Å². The van der Waals surface area contributed by atoms with Gasteiger partial charge in [-0.15, -0.1) is 0 Å². The Bertz CT molecular complexity index is 560. The quantitative estimate of drug-likeness (QED) is 0.834. The van der Waals surface area contributed by atoms with Gasteiger partial charge in [-0.05, 0) is 12.1 Å². The monoisotopic (exact) mass is 247 g/mol. The highest BCUT2D eigenvalue weighted by molar-refractivity contribution is 5.95. The molecule has 0 radical (unpaired) electrons. The summed E-state index contributed by atoms with van der Waals surface area (Å²) in [5, 5.41) is 3.29. The average molecular weight is 247 g/mol. The Morgan fingerprint density at radius 2 is 2.28 bits per heavy atom. The number of imidazole rings is 1. The van der Waals surface area contributed by atoms with E-state index in [4.69, 9.17) is 4.74 Å². The largest absolute Gasteiger partial charge is 0.464 e. The number of nitrogens with one attached hydrogen (secondary N) is 1. The predicted molar refractivity (Wildman–Crippen MR) is 68.5 cm³/mol. The number of esters is 1. The maximum Gasteiger partial charge on any atom is 0.358 e. The highest BCUT2D eigenvalue weighted by Crippen LogP contribution is 2.14. The third-order valence-corrected chi connectivity index (χ3v) is 2.67. The lowest BCUT2D eigenvalue weighted by atomic mass is 10.3. The normalized spacial score (nSPS) is 11.1. The van der Waals surface area contributed by atoms with Crippen molar-refractivity contribution in [2.75, 3.05) is 7.11 Å². The summed E-state index contributed by atoms with van der Waals surface area (Å²) in [5.74, 6) is 0.397. The van der Waals surface area contributed by atoms with Gasteiger partial charge < -0.3 is 14.5 Å². The molecule has 5 nitrogen and oxygen atoms in total. The van der Waals surface area contributed by atoms with Gasteiger partial charge in [0.1, 0.15) is 5.82 Å². The minimum atomic E-state index is -0.408. The van der Waals surface area contributed by atoms with E-state index in [1.807, 2.05) is 28.8 Å². The van der Waals surface area contributed by atoms with Gasteiger partial charge in [-0.2, -0.15) is 0 Å². The van der Waals surface area contributed by atoms with Crippen LogP contribution in [0.2, 0.25) is 0 Å². The minimum absolute atomic E-state index is 0.360. The summed E-state index contributed by atoms with van der Waals surface area (Å²) >= 11 is 0. The molecule has 0 atom stereocenters. The van der Waals surface area contributed by atoms with E-state index in [2.05, 4.69) is 24.1 Å². The molecule has 0 spiro atoms. The van der Waals surface area contributed by atoms with Gasteiger partial charge in [-0.1, -0.05) is 19.9 Å². The molecule has 0 aliphatic rings. The number of methoxy groups -OCH3 is 1. The van der Waals surface area contributed by atoms with Crippen LogP contribution in [0.1, 0.15) is 30.2 Å². The fraction of sp³-hybridized carbons (Fsp3) is 0.385. The zero-order valence-electron chi connectivity index (χ0n) is 10.8. The van der Waals surface area contributed by atoms with Crippen molar-refractivity contribution in [1.82, 2.24) is 14.7 Å². The van der Waals surface area contributed by atoms with E-state index in [0.29, 0.717) is 18.3 Å². The van der Waals surface area contributed by atoms with Crippen molar-refractivity contribution in [3.63, 3.8) is 0 Å². The van der Waals surface area contributed by atoms with Crippen LogP contribution in [-0.4, -0.2) is 28.5 Å². The van der Waals surface area contributed by atoms with Crippen LogP contribution in [0.25, 0.3) is 5.52 Å². The lowest BCUT2D eigenvalue weighted by Gasteiger charge is -2.06. The highest BCUT2D eigenvalue weighted by Gasteiger charge is 2.17. The number of ether oxygens (including phenoxy) is 1. The van der Waals surface area contributed by atoms with Crippen molar-refractivity contribution in [3.8, 4) is 0 Å². The molecule has 96 valence electrons. The zero-order chi connectivity index (χ0) is 13.1. The lowest BCUT2D eigenvalue weighted by Crippen LogP contribution is -2.23. The molecule has 5 heteroatoms. The summed E-state index contributed by atoms with van der Waals surface area (Å²) in [6.45, 7) is 4.74. The van der Waals surface area contributed by atoms with Crippen LogP contribution >= 0.6 is 0 Å². The van der Waals surface area contributed by atoms with Crippen molar-refractivity contribution >= 4 is 11.5 Å². The molecule has 0 aliphatic carbocycles. The minimum Gasteiger partial charge on any atom is -0.464 e. The number of hydrogen-bond acceptors (Lipinski definition) is 4. The lowest BCUT2D eigenvalue weighted by molar-refractivity contribution is 0.0597. The van der Waals surface area contributed by atoms with Gasteiger partial charge in [-0.25, -0.2) is 9.78 Å². The van der Waals surface area contributed by atoms with Gasteiger partial charge >= 0.3 is 5.97 Å². The molecule has 2 rings (SSSR count). The summed E-state index contributed by atoms with van der Waals surface area (Å²) in [6.07, 6.45) is 1.89. The molecule has 0 saturated carbocycles. The number of carbonyl (C=O) groups excluding carboxylic acids is 1. The van der Waals surface area contributed by atoms with Crippen LogP contribution in [0.5, 0.6) is 0 Å². The van der Waals surface area contributed by atoms with Gasteiger partial charge in [0.2, 0.25) is 0 Å². The molecule has 1 N–H and O–H groups in total. The maximum atomic E-state index is 11.7. The van der Waals surface area contributed by atoms with Crippen LogP contribution in [0, 0.1) is 0 Å². The Morgan fingerprint density at radius 1 is 1.50 bits per heavy atom. The van der Waals surface area contributed by atoms with Crippen LogP contribution in [0.15, 0.2) is 24.4 Å². The molecule has 0 aliphatic heterocycles. The van der Waals surface area contributed by atoms with Crippen molar-refractivity contribution in [2.24, 2.45) is 0 Å². The Morgan fingerprint density at radius 3 is 2.94 bits per heavy atom. The van der Waals surface area contributed by atoms with Crippen molar-refractivity contribution in [3.05, 3.63) is 35.9 Å². The molecule has 18 heavy (non-hydrogen) atoms. The van der Waals surface area contributed by atoms with E-state index in [9.17, 15) is 4.79 Å². The fourth-order valence-corrected chi connectivity index (χ4v) is 1.77. The second-order valence-corrected chi connectivity index (χ2v) is 4.36. The van der Waals surface area contributed by atoms with Crippen LogP contribution < -0.4 is 5.32 Å². The summed E-state index contributed by atoms with van der Waals surface area (Å²) in [7, 11) is 1.36. The molecule has 0 saturated heterocycles. The molecular weight excluding hydrogens is 230 g/mol. The first-order valence-corrected chi connectivity index (χ1v) is 5.91. The van der Waals surface area contributed by atoms with Crippen molar-refractivity contribution in [1.29, 1.82) is 0 Å². The molecule has 0 fully saturated rings. The van der Waals surface area contributed by atoms with Crippen LogP contribution in [0.3, 0.4) is 0 Å². The zero-order valence-corrected chi connectivity index (χ0v) is 10.8. The van der Waals surface area contributed by atoms with Crippen molar-refractivity contribution in [2.45, 2.75) is 26.4 Å². The average Bonchev–Trinajstić information content (AvgIpc) is 2.74. The van der Waals surface area contributed by atoms with E-state index in [1.54, 1.807) is 0 Å². The number of hydrogen-bond donors (Lipinski definition) is 1. The molecule has 2 aromatic rings. The third kappa shape index (κ3) is 2.36. The first-order valence-electron chi connectivity index (χ1n) is 5.91. The fourth-order valence-electron chi connectivity index (χ4n) is 1.77. The van der Waals surface area contributed by atoms with Crippen molar-refractivity contribution < 1.29 is 9.53 Å². The maximum absolute atomic E-state index is 11.7. The number of fused-ring (bicyclic) bond motifs is 1. The Balaban J connectivity index is 2.44. The van der Waals surface area contributed by atoms with E-state index in [1.165, 1.54) is 7.11 Å². The Hall–Kier alpha value is -1.88. The predicted octanol–water partition coefficient (Wildman–Crippen LogP) is 1.62. The first kappa shape index (κ1) is 12.6. The molecule has 2 heterocycles. The topological polar surface area (TPSA) is 55.6 Å². The summed E-state index contributed by atoms with van der Waals surface area (Å²) in [6, 6.07) is 6.01.